The van der Waals surface area contributed by atoms with Crippen LogP contribution >= 0.6 is 0 Å². The van der Waals surface area contributed by atoms with E-state index in [0.29, 0.717) is 6.54 Å². The van der Waals surface area contributed by atoms with Crippen molar-refractivity contribution in [2.24, 2.45) is 0 Å². The van der Waals surface area contributed by atoms with Gasteiger partial charge in [-0.15, -0.1) is 0 Å². The molecule has 0 aliphatic heterocycles. The van der Waals surface area contributed by atoms with Gasteiger partial charge in [0.1, 0.15) is 11.5 Å². The second-order valence-corrected chi connectivity index (χ2v) is 6.00. The highest BCUT2D eigenvalue weighted by Gasteiger charge is 2.19. The summed E-state index contributed by atoms with van der Waals surface area (Å²) in [5.74, 6) is 1.09. The van der Waals surface area contributed by atoms with E-state index in [1.165, 1.54) is 29.5 Å². The minimum absolute atomic E-state index is 0.711. The smallest absolute Gasteiger partial charge is 0.140 e. The highest BCUT2D eigenvalue weighted by Crippen LogP contribution is 2.29. The number of benzene rings is 2. The van der Waals surface area contributed by atoms with Crippen molar-refractivity contribution < 1.29 is 4.52 Å². The predicted molar refractivity (Wildman–Crippen MR) is 92.3 cm³/mol. The SMILES string of the molecule is c1ccc(-c2ccccc2NCc2noc3c2CCCC3)cc1. The number of rotatable bonds is 4. The van der Waals surface area contributed by atoms with Gasteiger partial charge in [0.2, 0.25) is 0 Å². The van der Waals surface area contributed by atoms with Gasteiger partial charge in [-0.3, -0.25) is 0 Å². The number of hydrogen-bond acceptors (Lipinski definition) is 3. The molecule has 23 heavy (non-hydrogen) atoms. The van der Waals surface area contributed by atoms with Crippen molar-refractivity contribution in [3.8, 4) is 11.1 Å². The van der Waals surface area contributed by atoms with E-state index in [4.69, 9.17) is 4.52 Å². The molecule has 3 nitrogen and oxygen atoms in total. The molecule has 0 unspecified atom stereocenters. The summed E-state index contributed by atoms with van der Waals surface area (Å²) in [5.41, 5.74) is 5.94. The van der Waals surface area contributed by atoms with E-state index in [0.717, 1.165) is 30.0 Å². The molecule has 0 fully saturated rings. The summed E-state index contributed by atoms with van der Waals surface area (Å²) in [6.07, 6.45) is 4.58. The molecule has 1 aliphatic rings. The lowest BCUT2D eigenvalue weighted by molar-refractivity contribution is 0.368. The van der Waals surface area contributed by atoms with Crippen molar-refractivity contribution in [2.75, 3.05) is 5.32 Å². The summed E-state index contributed by atoms with van der Waals surface area (Å²) in [4.78, 5) is 0. The monoisotopic (exact) mass is 304 g/mol. The molecule has 0 atom stereocenters. The van der Waals surface area contributed by atoms with Crippen LogP contribution in [0, 0.1) is 0 Å². The molecular formula is C20H20N2O. The lowest BCUT2D eigenvalue weighted by atomic mass is 9.96. The number of aromatic nitrogens is 1. The van der Waals surface area contributed by atoms with Gasteiger partial charge in [0.25, 0.3) is 0 Å². The maximum atomic E-state index is 5.50. The molecule has 3 aromatic rings. The lowest BCUT2D eigenvalue weighted by Gasteiger charge is -2.13. The Balaban J connectivity index is 1.57. The van der Waals surface area contributed by atoms with E-state index < -0.39 is 0 Å². The molecule has 0 radical (unpaired) electrons. The van der Waals surface area contributed by atoms with Gasteiger partial charge in [0.05, 0.1) is 6.54 Å². The topological polar surface area (TPSA) is 38.1 Å². The van der Waals surface area contributed by atoms with E-state index in [1.54, 1.807) is 0 Å². The van der Waals surface area contributed by atoms with Crippen LogP contribution in [0.1, 0.15) is 29.9 Å². The Hall–Kier alpha value is -2.55. The molecule has 0 spiro atoms. The van der Waals surface area contributed by atoms with Crippen LogP contribution in [0.2, 0.25) is 0 Å². The Labute approximate surface area is 136 Å². The van der Waals surface area contributed by atoms with E-state index in [9.17, 15) is 0 Å². The van der Waals surface area contributed by atoms with Crippen LogP contribution in [0.15, 0.2) is 59.1 Å². The minimum Gasteiger partial charge on any atom is -0.379 e. The minimum atomic E-state index is 0.711. The van der Waals surface area contributed by atoms with E-state index in [2.05, 4.69) is 59.0 Å². The third-order valence-corrected chi connectivity index (χ3v) is 4.49. The molecule has 116 valence electrons. The number of nitrogens with one attached hydrogen (secondary N) is 1. The zero-order chi connectivity index (χ0) is 15.5. The molecule has 1 aliphatic carbocycles. The van der Waals surface area contributed by atoms with E-state index >= 15 is 0 Å². The van der Waals surface area contributed by atoms with E-state index in [-0.39, 0.29) is 0 Å². The Kier molecular flexibility index (Phi) is 3.85. The van der Waals surface area contributed by atoms with Crippen molar-refractivity contribution in [1.82, 2.24) is 5.16 Å². The molecule has 1 N–H and O–H groups in total. The molecule has 0 saturated heterocycles. The summed E-state index contributed by atoms with van der Waals surface area (Å²) >= 11 is 0. The Morgan fingerprint density at radius 2 is 1.70 bits per heavy atom. The Bertz CT molecular complexity index is 792. The van der Waals surface area contributed by atoms with Crippen LogP contribution in [0.25, 0.3) is 11.1 Å². The van der Waals surface area contributed by atoms with Crippen LogP contribution in [-0.4, -0.2) is 5.16 Å². The molecule has 3 heteroatoms. The average Bonchev–Trinajstić information content (AvgIpc) is 3.04. The van der Waals surface area contributed by atoms with Gasteiger partial charge in [0.15, 0.2) is 0 Å². The van der Waals surface area contributed by atoms with Crippen molar-refractivity contribution in [2.45, 2.75) is 32.2 Å². The predicted octanol–water partition coefficient (Wildman–Crippen LogP) is 4.83. The summed E-state index contributed by atoms with van der Waals surface area (Å²) in [7, 11) is 0. The third-order valence-electron chi connectivity index (χ3n) is 4.49. The quantitative estimate of drug-likeness (QED) is 0.750. The standard InChI is InChI=1S/C20H20N2O/c1-2-8-15(9-3-1)16-10-4-6-12-18(16)21-14-19-17-11-5-7-13-20(17)23-22-19/h1-4,6,8-10,12,21H,5,7,11,13-14H2. The summed E-state index contributed by atoms with van der Waals surface area (Å²) in [6.45, 7) is 0.711. The average molecular weight is 304 g/mol. The molecule has 0 amide bonds. The van der Waals surface area contributed by atoms with Gasteiger partial charge >= 0.3 is 0 Å². The Morgan fingerprint density at radius 3 is 2.61 bits per heavy atom. The largest absolute Gasteiger partial charge is 0.379 e. The van der Waals surface area contributed by atoms with Gasteiger partial charge < -0.3 is 9.84 Å². The van der Waals surface area contributed by atoms with Crippen LogP contribution in [0.5, 0.6) is 0 Å². The number of fused-ring (bicyclic) bond motifs is 1. The summed E-state index contributed by atoms with van der Waals surface area (Å²) in [6, 6.07) is 18.9. The first kappa shape index (κ1) is 14.1. The molecule has 1 aromatic heterocycles. The van der Waals surface area contributed by atoms with Crippen molar-refractivity contribution in [3.63, 3.8) is 0 Å². The zero-order valence-corrected chi connectivity index (χ0v) is 13.1. The highest BCUT2D eigenvalue weighted by molar-refractivity contribution is 5.77. The fraction of sp³-hybridized carbons (Fsp3) is 0.250. The maximum absolute atomic E-state index is 5.50. The molecule has 0 bridgehead atoms. The summed E-state index contributed by atoms with van der Waals surface area (Å²) < 4.78 is 5.50. The van der Waals surface area contributed by atoms with Gasteiger partial charge in [-0.2, -0.15) is 0 Å². The first-order chi connectivity index (χ1) is 11.4. The molecule has 2 aromatic carbocycles. The van der Waals surface area contributed by atoms with Crippen LogP contribution in [0.3, 0.4) is 0 Å². The summed E-state index contributed by atoms with van der Waals surface area (Å²) in [5, 5.41) is 7.82. The highest BCUT2D eigenvalue weighted by atomic mass is 16.5. The number of anilines is 1. The fourth-order valence-electron chi connectivity index (χ4n) is 3.27. The second-order valence-electron chi connectivity index (χ2n) is 6.00. The van der Waals surface area contributed by atoms with Gasteiger partial charge in [0, 0.05) is 23.2 Å². The zero-order valence-electron chi connectivity index (χ0n) is 13.1. The van der Waals surface area contributed by atoms with Crippen molar-refractivity contribution >= 4 is 5.69 Å². The molecule has 0 saturated carbocycles. The van der Waals surface area contributed by atoms with Crippen LogP contribution in [0.4, 0.5) is 5.69 Å². The normalized spacial score (nSPS) is 13.6. The van der Waals surface area contributed by atoms with E-state index in [1.807, 2.05) is 6.07 Å². The number of hydrogen-bond donors (Lipinski definition) is 1. The Morgan fingerprint density at radius 1 is 0.913 bits per heavy atom. The lowest BCUT2D eigenvalue weighted by Crippen LogP contribution is -2.06. The van der Waals surface area contributed by atoms with Crippen LogP contribution in [-0.2, 0) is 19.4 Å². The maximum Gasteiger partial charge on any atom is 0.140 e. The number of nitrogens with zero attached hydrogens (tertiary/aromatic N) is 1. The van der Waals surface area contributed by atoms with Crippen molar-refractivity contribution in [3.05, 3.63) is 71.6 Å². The van der Waals surface area contributed by atoms with Gasteiger partial charge in [-0.05, 0) is 30.9 Å². The number of para-hydroxylation sites is 1. The molecule has 4 rings (SSSR count). The number of aryl methyl sites for hydroxylation is 1. The molecular weight excluding hydrogens is 284 g/mol. The molecule has 1 heterocycles. The second kappa shape index (κ2) is 6.29. The third kappa shape index (κ3) is 2.87. The first-order valence-electron chi connectivity index (χ1n) is 8.26. The fourth-order valence-corrected chi connectivity index (χ4v) is 3.27. The van der Waals surface area contributed by atoms with Crippen LogP contribution < -0.4 is 5.32 Å². The first-order valence-corrected chi connectivity index (χ1v) is 8.26. The van der Waals surface area contributed by atoms with Gasteiger partial charge in [-0.1, -0.05) is 53.7 Å². The van der Waals surface area contributed by atoms with Crippen molar-refractivity contribution in [1.29, 1.82) is 0 Å². The van der Waals surface area contributed by atoms with Gasteiger partial charge in [-0.25, -0.2) is 0 Å².